The zero-order valence-corrected chi connectivity index (χ0v) is 13.0. The Balaban J connectivity index is 1.67. The van der Waals surface area contributed by atoms with Crippen LogP contribution in [0.3, 0.4) is 0 Å². The van der Waals surface area contributed by atoms with Crippen molar-refractivity contribution in [3.63, 3.8) is 0 Å². The van der Waals surface area contributed by atoms with Gasteiger partial charge in [0.15, 0.2) is 5.82 Å². The molecular weight excluding hydrogens is 276 g/mol. The third-order valence-electron chi connectivity index (χ3n) is 3.92. The molecule has 1 aromatic carbocycles. The summed E-state index contributed by atoms with van der Waals surface area (Å²) in [6, 6.07) is 9.85. The topological polar surface area (TPSA) is 49.3 Å². The zero-order valence-electron chi connectivity index (χ0n) is 13.0. The Morgan fingerprint density at radius 2 is 1.73 bits per heavy atom. The number of piperazine rings is 1. The smallest absolute Gasteiger partial charge is 0.253 e. The van der Waals surface area contributed by atoms with Crippen LogP contribution >= 0.6 is 0 Å². The Kier molecular flexibility index (Phi) is 4.04. The molecule has 114 valence electrons. The number of hydrogen-bond donors (Lipinski definition) is 0. The van der Waals surface area contributed by atoms with Gasteiger partial charge in [-0.2, -0.15) is 5.10 Å². The molecule has 1 aliphatic heterocycles. The first-order valence-corrected chi connectivity index (χ1v) is 7.54. The highest BCUT2D eigenvalue weighted by Gasteiger charge is 2.23. The largest absolute Gasteiger partial charge is 0.352 e. The summed E-state index contributed by atoms with van der Waals surface area (Å²) >= 11 is 0. The van der Waals surface area contributed by atoms with E-state index in [0.717, 1.165) is 35.6 Å². The maximum absolute atomic E-state index is 12.6. The Morgan fingerprint density at radius 3 is 2.32 bits per heavy atom. The van der Waals surface area contributed by atoms with E-state index in [2.05, 4.69) is 21.2 Å². The minimum absolute atomic E-state index is 0.116. The third-order valence-corrected chi connectivity index (χ3v) is 3.92. The predicted octanol–water partition coefficient (Wildman–Crippen LogP) is 2.06. The van der Waals surface area contributed by atoms with Gasteiger partial charge in [0.05, 0.1) is 0 Å². The van der Waals surface area contributed by atoms with Gasteiger partial charge in [-0.3, -0.25) is 4.79 Å². The van der Waals surface area contributed by atoms with E-state index in [1.54, 1.807) is 6.20 Å². The number of nitrogens with zero attached hydrogens (tertiary/aromatic N) is 4. The minimum Gasteiger partial charge on any atom is -0.352 e. The minimum atomic E-state index is 0.116. The second kappa shape index (κ2) is 6.13. The molecule has 0 saturated carbocycles. The maximum atomic E-state index is 12.6. The van der Waals surface area contributed by atoms with Gasteiger partial charge in [0.1, 0.15) is 0 Å². The van der Waals surface area contributed by atoms with Crippen molar-refractivity contribution in [3.8, 4) is 0 Å². The van der Waals surface area contributed by atoms with Crippen molar-refractivity contribution >= 4 is 11.7 Å². The van der Waals surface area contributed by atoms with Crippen LogP contribution in [-0.4, -0.2) is 47.2 Å². The van der Waals surface area contributed by atoms with Gasteiger partial charge in [-0.25, -0.2) is 0 Å². The first kappa shape index (κ1) is 14.5. The van der Waals surface area contributed by atoms with E-state index in [1.165, 1.54) is 0 Å². The number of anilines is 1. The van der Waals surface area contributed by atoms with E-state index in [0.29, 0.717) is 13.1 Å². The Morgan fingerprint density at radius 1 is 1.05 bits per heavy atom. The number of carbonyl (C=O) groups excluding carboxylic acids is 1. The maximum Gasteiger partial charge on any atom is 0.253 e. The van der Waals surface area contributed by atoms with Crippen LogP contribution < -0.4 is 4.90 Å². The van der Waals surface area contributed by atoms with Crippen LogP contribution in [0, 0.1) is 13.8 Å². The first-order chi connectivity index (χ1) is 10.6. The van der Waals surface area contributed by atoms with Gasteiger partial charge in [0, 0.05) is 37.9 Å². The average Bonchev–Trinajstić information content (AvgIpc) is 2.54. The summed E-state index contributed by atoms with van der Waals surface area (Å²) in [4.78, 5) is 16.7. The summed E-state index contributed by atoms with van der Waals surface area (Å²) in [5.41, 5.74) is 3.04. The summed E-state index contributed by atoms with van der Waals surface area (Å²) in [7, 11) is 0. The van der Waals surface area contributed by atoms with E-state index in [1.807, 2.05) is 43.0 Å². The molecule has 0 aliphatic carbocycles. The van der Waals surface area contributed by atoms with Crippen molar-refractivity contribution in [2.45, 2.75) is 13.8 Å². The molecule has 2 aromatic rings. The fraction of sp³-hybridized carbons (Fsp3) is 0.353. The van der Waals surface area contributed by atoms with Gasteiger partial charge in [-0.05, 0) is 38.1 Å². The number of amides is 1. The Hall–Kier alpha value is -2.43. The van der Waals surface area contributed by atoms with Crippen molar-refractivity contribution in [1.29, 1.82) is 0 Å². The Labute approximate surface area is 130 Å². The molecule has 0 radical (unpaired) electrons. The van der Waals surface area contributed by atoms with Crippen molar-refractivity contribution in [2.24, 2.45) is 0 Å². The third kappa shape index (κ3) is 3.08. The lowest BCUT2D eigenvalue weighted by Crippen LogP contribution is -2.49. The lowest BCUT2D eigenvalue weighted by molar-refractivity contribution is 0.0746. The SMILES string of the molecule is Cc1cc(C)cc(C(=O)N2CCN(c3cccnn3)CC2)c1. The van der Waals surface area contributed by atoms with Gasteiger partial charge < -0.3 is 9.80 Å². The lowest BCUT2D eigenvalue weighted by atomic mass is 10.1. The number of aryl methyl sites for hydroxylation is 2. The van der Waals surface area contributed by atoms with Crippen LogP contribution in [0.15, 0.2) is 36.5 Å². The van der Waals surface area contributed by atoms with Crippen LogP contribution in [-0.2, 0) is 0 Å². The standard InChI is InChI=1S/C17H20N4O/c1-13-10-14(2)12-15(11-13)17(22)21-8-6-20(7-9-21)16-4-3-5-18-19-16/h3-5,10-12H,6-9H2,1-2H3. The quantitative estimate of drug-likeness (QED) is 0.851. The molecule has 3 rings (SSSR count). The number of carbonyl (C=O) groups is 1. The molecule has 0 bridgehead atoms. The normalized spacial score (nSPS) is 15.0. The van der Waals surface area contributed by atoms with Crippen LogP contribution in [0.1, 0.15) is 21.5 Å². The molecule has 1 aliphatic rings. The highest BCUT2D eigenvalue weighted by atomic mass is 16.2. The van der Waals surface area contributed by atoms with E-state index in [9.17, 15) is 4.79 Å². The fourth-order valence-corrected chi connectivity index (χ4v) is 2.88. The molecule has 0 atom stereocenters. The van der Waals surface area contributed by atoms with Crippen LogP contribution in [0.4, 0.5) is 5.82 Å². The molecule has 5 heteroatoms. The lowest BCUT2D eigenvalue weighted by Gasteiger charge is -2.35. The van der Waals surface area contributed by atoms with Crippen molar-refractivity contribution < 1.29 is 4.79 Å². The molecule has 0 unspecified atom stereocenters. The Bertz CT molecular complexity index is 643. The van der Waals surface area contributed by atoms with Gasteiger partial charge in [-0.1, -0.05) is 17.2 Å². The highest BCUT2D eigenvalue weighted by Crippen LogP contribution is 2.15. The number of rotatable bonds is 2. The molecule has 22 heavy (non-hydrogen) atoms. The van der Waals surface area contributed by atoms with Crippen molar-refractivity contribution in [3.05, 3.63) is 53.2 Å². The van der Waals surface area contributed by atoms with Gasteiger partial charge in [0.25, 0.3) is 5.91 Å². The molecule has 1 amide bonds. The first-order valence-electron chi connectivity index (χ1n) is 7.54. The van der Waals surface area contributed by atoms with Gasteiger partial charge >= 0.3 is 0 Å². The number of aromatic nitrogens is 2. The van der Waals surface area contributed by atoms with Gasteiger partial charge in [0.2, 0.25) is 0 Å². The zero-order chi connectivity index (χ0) is 15.5. The molecule has 1 fully saturated rings. The van der Waals surface area contributed by atoms with Gasteiger partial charge in [-0.15, -0.1) is 5.10 Å². The molecular formula is C17H20N4O. The molecule has 0 N–H and O–H groups in total. The second-order valence-electron chi connectivity index (χ2n) is 5.74. The molecule has 1 saturated heterocycles. The van der Waals surface area contributed by atoms with Crippen molar-refractivity contribution in [2.75, 3.05) is 31.1 Å². The summed E-state index contributed by atoms with van der Waals surface area (Å²) in [6.45, 7) is 7.04. The van der Waals surface area contributed by atoms with E-state index >= 15 is 0 Å². The summed E-state index contributed by atoms with van der Waals surface area (Å²) in [5, 5.41) is 8.03. The summed E-state index contributed by atoms with van der Waals surface area (Å²) in [5.74, 6) is 0.992. The van der Waals surface area contributed by atoms with E-state index in [-0.39, 0.29) is 5.91 Å². The summed E-state index contributed by atoms with van der Waals surface area (Å²) < 4.78 is 0. The molecule has 1 aromatic heterocycles. The molecule has 5 nitrogen and oxygen atoms in total. The average molecular weight is 296 g/mol. The number of hydrogen-bond acceptors (Lipinski definition) is 4. The van der Waals surface area contributed by atoms with Crippen LogP contribution in [0.25, 0.3) is 0 Å². The molecule has 0 spiro atoms. The molecule has 2 heterocycles. The highest BCUT2D eigenvalue weighted by molar-refractivity contribution is 5.94. The van der Waals surface area contributed by atoms with E-state index in [4.69, 9.17) is 0 Å². The monoisotopic (exact) mass is 296 g/mol. The second-order valence-corrected chi connectivity index (χ2v) is 5.74. The summed E-state index contributed by atoms with van der Waals surface area (Å²) in [6.07, 6.45) is 1.67. The van der Waals surface area contributed by atoms with E-state index < -0.39 is 0 Å². The van der Waals surface area contributed by atoms with Crippen molar-refractivity contribution in [1.82, 2.24) is 15.1 Å². The van der Waals surface area contributed by atoms with Crippen LogP contribution in [0.5, 0.6) is 0 Å². The predicted molar refractivity (Wildman–Crippen MR) is 86.1 cm³/mol. The van der Waals surface area contributed by atoms with Crippen LogP contribution in [0.2, 0.25) is 0 Å². The number of benzene rings is 1. The fourth-order valence-electron chi connectivity index (χ4n) is 2.88.